The molecule has 1 saturated carbocycles. The predicted molar refractivity (Wildman–Crippen MR) is 58.5 cm³/mol. The van der Waals surface area contributed by atoms with Gasteiger partial charge in [-0.2, -0.15) is 0 Å². The van der Waals surface area contributed by atoms with Crippen LogP contribution in [0.15, 0.2) is 10.8 Å². The molecule has 2 unspecified atom stereocenters. The van der Waals surface area contributed by atoms with E-state index in [1.807, 2.05) is 0 Å². The summed E-state index contributed by atoms with van der Waals surface area (Å²) >= 11 is 0. The van der Waals surface area contributed by atoms with Gasteiger partial charge in [-0.25, -0.2) is 4.79 Å². The molecular weight excluding hydrogens is 206 g/mol. The molecule has 88 valence electrons. The minimum atomic E-state index is -0.934. The Morgan fingerprint density at radius 1 is 1.56 bits per heavy atom. The molecule has 1 heterocycles. The molecule has 4 heteroatoms. The Hall–Kier alpha value is -1.32. The fourth-order valence-electron chi connectivity index (χ4n) is 2.73. The van der Waals surface area contributed by atoms with Crippen molar-refractivity contribution in [3.63, 3.8) is 0 Å². The maximum Gasteiger partial charge on any atom is 0.340 e. The van der Waals surface area contributed by atoms with Crippen LogP contribution in [0.2, 0.25) is 0 Å². The van der Waals surface area contributed by atoms with Gasteiger partial charge in [-0.15, -0.1) is 0 Å². The van der Waals surface area contributed by atoms with Gasteiger partial charge in [-0.3, -0.25) is 0 Å². The molecule has 1 aromatic rings. The minimum absolute atomic E-state index is 0.241. The largest absolute Gasteiger partial charge is 0.478 e. The smallest absolute Gasteiger partial charge is 0.340 e. The number of hydrogen-bond acceptors (Lipinski definition) is 3. The summed E-state index contributed by atoms with van der Waals surface area (Å²) in [6, 6.07) is 0. The Kier molecular flexibility index (Phi) is 3.27. The number of carboxylic acids is 1. The third kappa shape index (κ3) is 1.96. The van der Waals surface area contributed by atoms with Crippen molar-refractivity contribution in [1.29, 1.82) is 0 Å². The Bertz CT molecular complexity index is 372. The molecule has 0 amide bonds. The summed E-state index contributed by atoms with van der Waals surface area (Å²) in [5.74, 6) is -0.114. The lowest BCUT2D eigenvalue weighted by Gasteiger charge is -2.29. The maximum absolute atomic E-state index is 11.0. The van der Waals surface area contributed by atoms with Gasteiger partial charge in [0.1, 0.15) is 17.5 Å². The van der Waals surface area contributed by atoms with Crippen LogP contribution in [-0.4, -0.2) is 16.2 Å². The van der Waals surface area contributed by atoms with Crippen LogP contribution in [0.1, 0.15) is 61.0 Å². The van der Waals surface area contributed by atoms with Crippen LogP contribution in [0, 0.1) is 5.92 Å². The fraction of sp³-hybridized carbons (Fsp3) is 0.667. The molecular formula is C12H17NO3. The second-order valence-electron chi connectivity index (χ2n) is 4.48. The van der Waals surface area contributed by atoms with E-state index in [1.54, 1.807) is 0 Å². The van der Waals surface area contributed by atoms with Gasteiger partial charge in [0.05, 0.1) is 0 Å². The summed E-state index contributed by atoms with van der Waals surface area (Å²) in [6.45, 7) is 2.16. The van der Waals surface area contributed by atoms with Gasteiger partial charge >= 0.3 is 5.97 Å². The van der Waals surface area contributed by atoms with E-state index in [1.165, 1.54) is 19.1 Å². The van der Waals surface area contributed by atoms with E-state index < -0.39 is 5.97 Å². The Morgan fingerprint density at radius 3 is 3.00 bits per heavy atom. The van der Waals surface area contributed by atoms with E-state index in [0.29, 0.717) is 11.6 Å². The molecule has 0 bridgehead atoms. The number of carboxylic acid groups (broad SMARTS) is 1. The number of carbonyl (C=O) groups is 1. The molecule has 0 aromatic carbocycles. The molecule has 0 aliphatic heterocycles. The molecule has 1 fully saturated rings. The molecule has 1 aliphatic rings. The van der Waals surface area contributed by atoms with Crippen LogP contribution >= 0.6 is 0 Å². The monoisotopic (exact) mass is 223 g/mol. The first-order valence-corrected chi connectivity index (χ1v) is 5.91. The molecule has 1 N–H and O–H groups in total. The zero-order valence-corrected chi connectivity index (χ0v) is 9.48. The van der Waals surface area contributed by atoms with Crippen molar-refractivity contribution >= 4 is 5.97 Å². The second-order valence-corrected chi connectivity index (χ2v) is 4.48. The number of rotatable bonds is 3. The topological polar surface area (TPSA) is 63.3 Å². The number of hydrogen-bond donors (Lipinski definition) is 1. The Balaban J connectivity index is 2.27. The molecule has 2 rings (SSSR count). The van der Waals surface area contributed by atoms with E-state index in [4.69, 9.17) is 9.63 Å². The van der Waals surface area contributed by atoms with Crippen molar-refractivity contribution in [2.24, 2.45) is 5.92 Å². The van der Waals surface area contributed by atoms with Crippen molar-refractivity contribution in [1.82, 2.24) is 5.16 Å². The lowest BCUT2D eigenvalue weighted by molar-refractivity contribution is 0.0693. The van der Waals surface area contributed by atoms with Crippen LogP contribution in [0.5, 0.6) is 0 Å². The highest BCUT2D eigenvalue weighted by molar-refractivity contribution is 5.88. The molecule has 2 atom stereocenters. The molecule has 0 spiro atoms. The van der Waals surface area contributed by atoms with Crippen molar-refractivity contribution in [2.75, 3.05) is 0 Å². The van der Waals surface area contributed by atoms with Gasteiger partial charge in [0.15, 0.2) is 0 Å². The summed E-state index contributed by atoms with van der Waals surface area (Å²) in [5, 5.41) is 12.9. The van der Waals surface area contributed by atoms with Crippen LogP contribution in [0.3, 0.4) is 0 Å². The highest BCUT2D eigenvalue weighted by atomic mass is 16.5. The molecule has 0 radical (unpaired) electrons. The molecule has 4 nitrogen and oxygen atoms in total. The van der Waals surface area contributed by atoms with Gasteiger partial charge in [0.25, 0.3) is 0 Å². The first-order chi connectivity index (χ1) is 7.74. The Morgan fingerprint density at radius 2 is 2.31 bits per heavy atom. The lowest BCUT2D eigenvalue weighted by atomic mass is 9.75. The van der Waals surface area contributed by atoms with Crippen LogP contribution in [0.4, 0.5) is 0 Å². The molecule has 16 heavy (non-hydrogen) atoms. The molecule has 0 saturated heterocycles. The zero-order valence-electron chi connectivity index (χ0n) is 9.48. The maximum atomic E-state index is 11.0. The molecule has 1 aliphatic carbocycles. The standard InChI is InChI=1S/C12H17NO3/c1-2-8-5-3-4-6-9(8)11-10(12(14)15)7-16-13-11/h7-9H,2-6H2,1H3,(H,14,15). The van der Waals surface area contributed by atoms with Crippen molar-refractivity contribution in [3.05, 3.63) is 17.5 Å². The van der Waals surface area contributed by atoms with Crippen LogP contribution in [-0.2, 0) is 0 Å². The average Bonchev–Trinajstić information content (AvgIpc) is 2.77. The minimum Gasteiger partial charge on any atom is -0.478 e. The lowest BCUT2D eigenvalue weighted by Crippen LogP contribution is -2.19. The predicted octanol–water partition coefficient (Wildman–Crippen LogP) is 3.06. The normalized spacial score (nSPS) is 25.6. The van der Waals surface area contributed by atoms with E-state index in [0.717, 1.165) is 19.3 Å². The van der Waals surface area contributed by atoms with Gasteiger partial charge in [0, 0.05) is 5.92 Å². The third-order valence-corrected chi connectivity index (χ3v) is 3.61. The number of aromatic nitrogens is 1. The van der Waals surface area contributed by atoms with E-state index in [-0.39, 0.29) is 11.5 Å². The van der Waals surface area contributed by atoms with Gasteiger partial charge < -0.3 is 9.63 Å². The number of nitrogens with zero attached hydrogens (tertiary/aromatic N) is 1. The molecule has 1 aromatic heterocycles. The number of aromatic carboxylic acids is 1. The fourth-order valence-corrected chi connectivity index (χ4v) is 2.73. The highest BCUT2D eigenvalue weighted by Crippen LogP contribution is 2.39. The van der Waals surface area contributed by atoms with Crippen LogP contribution in [0.25, 0.3) is 0 Å². The van der Waals surface area contributed by atoms with E-state index in [9.17, 15) is 4.79 Å². The SMILES string of the molecule is CCC1CCCCC1c1nocc1C(=O)O. The summed E-state index contributed by atoms with van der Waals surface area (Å²) in [7, 11) is 0. The third-order valence-electron chi connectivity index (χ3n) is 3.61. The van der Waals surface area contributed by atoms with Crippen molar-refractivity contribution in [3.8, 4) is 0 Å². The van der Waals surface area contributed by atoms with Crippen molar-refractivity contribution < 1.29 is 14.4 Å². The van der Waals surface area contributed by atoms with E-state index >= 15 is 0 Å². The summed E-state index contributed by atoms with van der Waals surface area (Å²) < 4.78 is 4.82. The van der Waals surface area contributed by atoms with Gasteiger partial charge in [-0.1, -0.05) is 31.3 Å². The van der Waals surface area contributed by atoms with Crippen LogP contribution < -0.4 is 0 Å². The summed E-state index contributed by atoms with van der Waals surface area (Å²) in [5.41, 5.74) is 0.893. The zero-order chi connectivity index (χ0) is 11.5. The van der Waals surface area contributed by atoms with E-state index in [2.05, 4.69) is 12.1 Å². The highest BCUT2D eigenvalue weighted by Gasteiger charge is 2.31. The second kappa shape index (κ2) is 4.68. The summed E-state index contributed by atoms with van der Waals surface area (Å²) in [4.78, 5) is 11.0. The van der Waals surface area contributed by atoms with Gasteiger partial charge in [-0.05, 0) is 18.8 Å². The average molecular weight is 223 g/mol. The quantitative estimate of drug-likeness (QED) is 0.855. The van der Waals surface area contributed by atoms with Crippen molar-refractivity contribution in [2.45, 2.75) is 44.9 Å². The Labute approximate surface area is 94.6 Å². The van der Waals surface area contributed by atoms with Gasteiger partial charge in [0.2, 0.25) is 0 Å². The first kappa shape index (κ1) is 11.2. The summed E-state index contributed by atoms with van der Waals surface area (Å²) in [6.07, 6.45) is 6.94. The first-order valence-electron chi connectivity index (χ1n) is 5.91.